The van der Waals surface area contributed by atoms with E-state index in [0.29, 0.717) is 25.7 Å². The Morgan fingerprint density at radius 2 is 0.462 bits per heavy atom. The maximum atomic E-state index is 13.1. The van der Waals surface area contributed by atoms with Crippen LogP contribution in [0.5, 0.6) is 0 Å². The number of ether oxygens (including phenoxy) is 4. The van der Waals surface area contributed by atoms with Crippen molar-refractivity contribution >= 4 is 39.5 Å². The van der Waals surface area contributed by atoms with E-state index in [1.807, 2.05) is 0 Å². The monoisotopic (exact) mass is 1520 g/mol. The van der Waals surface area contributed by atoms with E-state index in [1.165, 1.54) is 244 Å². The molecular weight excluding hydrogens is 1350 g/mol. The fraction of sp³-hybridized carbons (Fsp3) is 0.953. The summed E-state index contributed by atoms with van der Waals surface area (Å²) in [6.45, 7) is 14.4. The predicted molar refractivity (Wildman–Crippen MR) is 428 cm³/mol. The molecule has 0 aromatic rings. The highest BCUT2D eigenvalue weighted by Gasteiger charge is 2.30. The lowest BCUT2D eigenvalue weighted by Crippen LogP contribution is -2.30. The summed E-state index contributed by atoms with van der Waals surface area (Å²) in [4.78, 5) is 73.2. The van der Waals surface area contributed by atoms with E-state index in [1.54, 1.807) is 0 Å². The van der Waals surface area contributed by atoms with E-state index in [2.05, 4.69) is 55.4 Å². The summed E-state index contributed by atoms with van der Waals surface area (Å²) in [5, 5.41) is 10.7. The highest BCUT2D eigenvalue weighted by atomic mass is 31.2. The summed E-state index contributed by atoms with van der Waals surface area (Å²) >= 11 is 0. The first-order valence-electron chi connectivity index (χ1n) is 43.8. The Hall–Kier alpha value is -1.94. The molecule has 0 amide bonds. The molecule has 0 fully saturated rings. The molecule has 3 N–H and O–H groups in total. The fourth-order valence-corrected chi connectivity index (χ4v) is 14.7. The summed E-state index contributed by atoms with van der Waals surface area (Å²) < 4.78 is 68.9. The van der Waals surface area contributed by atoms with Crippen molar-refractivity contribution in [3.05, 3.63) is 0 Å². The molecule has 19 heteroatoms. The molecule has 0 spiro atoms. The van der Waals surface area contributed by atoms with Crippen LogP contribution < -0.4 is 0 Å². The SMILES string of the molecule is CCC(C)CCCCCCCCCCCCCCCCC(=O)OC[C@H](COP(=O)(O)OC[C@@H](O)COP(=O)(O)OC[C@@H](COC(=O)CCCCCCCCCCC(C)C)OC(=O)CCCCCCCCCCCCCCCCC(C)C)OC(=O)CCCCCCCCCCCCCCCCC(C)CC. The van der Waals surface area contributed by atoms with Crippen LogP contribution in [0.1, 0.15) is 441 Å². The molecule has 0 rings (SSSR count). The number of unbranched alkanes of at least 4 members (excludes halogenated alkanes) is 46. The smallest absolute Gasteiger partial charge is 0.462 e. The lowest BCUT2D eigenvalue weighted by Gasteiger charge is -2.21. The molecule has 0 saturated heterocycles. The Balaban J connectivity index is 5.26. The molecule has 7 atom stereocenters. The van der Waals surface area contributed by atoms with Crippen molar-refractivity contribution in [1.82, 2.24) is 0 Å². The van der Waals surface area contributed by atoms with Gasteiger partial charge in [-0.1, -0.05) is 389 Å². The third kappa shape index (κ3) is 75.5. The van der Waals surface area contributed by atoms with Crippen molar-refractivity contribution in [3.63, 3.8) is 0 Å². The summed E-state index contributed by atoms with van der Waals surface area (Å²) in [7, 11) is -9.93. The number of hydrogen-bond donors (Lipinski definition) is 3. The van der Waals surface area contributed by atoms with E-state index in [0.717, 1.165) is 114 Å². The third-order valence-corrected chi connectivity index (χ3v) is 22.4. The molecule has 0 heterocycles. The van der Waals surface area contributed by atoms with Gasteiger partial charge in [0.05, 0.1) is 26.4 Å². The van der Waals surface area contributed by atoms with Crippen molar-refractivity contribution in [2.24, 2.45) is 23.7 Å². The van der Waals surface area contributed by atoms with Crippen molar-refractivity contribution in [1.29, 1.82) is 0 Å². The van der Waals surface area contributed by atoms with Crippen LogP contribution in [0, 0.1) is 23.7 Å². The molecule has 0 aromatic carbocycles. The van der Waals surface area contributed by atoms with Crippen LogP contribution >= 0.6 is 15.6 Å². The Morgan fingerprint density at radius 1 is 0.269 bits per heavy atom. The highest BCUT2D eigenvalue weighted by molar-refractivity contribution is 7.47. The fourth-order valence-electron chi connectivity index (χ4n) is 13.1. The summed E-state index contributed by atoms with van der Waals surface area (Å²) in [6, 6.07) is 0. The second kappa shape index (κ2) is 73.8. The second-order valence-corrected chi connectivity index (χ2v) is 34.9. The molecular formula is C85H166O17P2. The van der Waals surface area contributed by atoms with E-state index >= 15 is 0 Å². The van der Waals surface area contributed by atoms with E-state index in [9.17, 15) is 43.2 Å². The van der Waals surface area contributed by atoms with Gasteiger partial charge in [0.15, 0.2) is 12.2 Å². The van der Waals surface area contributed by atoms with Gasteiger partial charge >= 0.3 is 39.5 Å². The maximum absolute atomic E-state index is 13.1. The number of aliphatic hydroxyl groups excluding tert-OH is 1. The van der Waals surface area contributed by atoms with Gasteiger partial charge in [-0.15, -0.1) is 0 Å². The molecule has 0 saturated carbocycles. The maximum Gasteiger partial charge on any atom is 0.472 e. The predicted octanol–water partition coefficient (Wildman–Crippen LogP) is 25.6. The number of hydrogen-bond acceptors (Lipinski definition) is 15. The van der Waals surface area contributed by atoms with Crippen molar-refractivity contribution in [2.75, 3.05) is 39.6 Å². The number of carbonyl (C=O) groups excluding carboxylic acids is 4. The average molecular weight is 1520 g/mol. The van der Waals surface area contributed by atoms with E-state index in [4.69, 9.17) is 37.0 Å². The minimum atomic E-state index is -4.97. The van der Waals surface area contributed by atoms with Gasteiger partial charge in [0, 0.05) is 25.7 Å². The molecule has 4 unspecified atom stereocenters. The summed E-state index contributed by atoms with van der Waals surface area (Å²) in [5.41, 5.74) is 0. The molecule has 0 radical (unpaired) electrons. The van der Waals surface area contributed by atoms with E-state index in [-0.39, 0.29) is 25.7 Å². The summed E-state index contributed by atoms with van der Waals surface area (Å²) in [6.07, 6.45) is 62.3. The first kappa shape index (κ1) is 102. The molecule has 0 aliphatic carbocycles. The van der Waals surface area contributed by atoms with E-state index < -0.39 is 97.5 Å². The number of carbonyl (C=O) groups is 4. The number of phosphoric acid groups is 2. The van der Waals surface area contributed by atoms with Crippen molar-refractivity contribution in [3.8, 4) is 0 Å². The minimum absolute atomic E-state index is 0.107. The quantitative estimate of drug-likeness (QED) is 0.0222. The normalized spacial score (nSPS) is 14.5. The number of aliphatic hydroxyl groups is 1. The van der Waals surface area contributed by atoms with Gasteiger partial charge in [-0.25, -0.2) is 9.13 Å². The molecule has 17 nitrogen and oxygen atoms in total. The van der Waals surface area contributed by atoms with Crippen LogP contribution in [0.25, 0.3) is 0 Å². The largest absolute Gasteiger partial charge is 0.472 e. The van der Waals surface area contributed by atoms with Crippen LogP contribution in [0.4, 0.5) is 0 Å². The van der Waals surface area contributed by atoms with Crippen LogP contribution in [-0.2, 0) is 65.4 Å². The Bertz CT molecular complexity index is 2030. The van der Waals surface area contributed by atoms with Gasteiger partial charge in [-0.3, -0.25) is 37.3 Å². The van der Waals surface area contributed by atoms with Crippen LogP contribution in [0.3, 0.4) is 0 Å². The zero-order chi connectivity index (χ0) is 76.7. The highest BCUT2D eigenvalue weighted by Crippen LogP contribution is 2.45. The zero-order valence-electron chi connectivity index (χ0n) is 68.7. The molecule has 618 valence electrons. The average Bonchev–Trinajstić information content (AvgIpc) is 0.948. The number of rotatable bonds is 82. The van der Waals surface area contributed by atoms with Gasteiger partial charge in [-0.05, 0) is 49.4 Å². The van der Waals surface area contributed by atoms with Crippen molar-refractivity contribution in [2.45, 2.75) is 459 Å². The van der Waals surface area contributed by atoms with Crippen LogP contribution in [0.2, 0.25) is 0 Å². The number of phosphoric ester groups is 2. The lowest BCUT2D eigenvalue weighted by atomic mass is 9.99. The lowest BCUT2D eigenvalue weighted by molar-refractivity contribution is -0.161. The zero-order valence-corrected chi connectivity index (χ0v) is 70.5. The Kier molecular flexibility index (Phi) is 72.5. The third-order valence-electron chi connectivity index (χ3n) is 20.5. The molecule has 0 aliphatic rings. The van der Waals surface area contributed by atoms with Gasteiger partial charge in [0.2, 0.25) is 0 Å². The van der Waals surface area contributed by atoms with Crippen molar-refractivity contribution < 1.29 is 80.2 Å². The first-order chi connectivity index (χ1) is 50.2. The Labute approximate surface area is 638 Å². The van der Waals surface area contributed by atoms with Crippen LogP contribution in [-0.4, -0.2) is 96.7 Å². The summed E-state index contributed by atoms with van der Waals surface area (Å²) in [5.74, 6) is 1.11. The van der Waals surface area contributed by atoms with Gasteiger partial charge in [0.1, 0.15) is 19.3 Å². The van der Waals surface area contributed by atoms with Gasteiger partial charge in [-0.2, -0.15) is 0 Å². The molecule has 0 aliphatic heterocycles. The van der Waals surface area contributed by atoms with Gasteiger partial charge < -0.3 is 33.8 Å². The Morgan fingerprint density at radius 3 is 0.683 bits per heavy atom. The minimum Gasteiger partial charge on any atom is -0.462 e. The van der Waals surface area contributed by atoms with Gasteiger partial charge in [0.25, 0.3) is 0 Å². The first-order valence-corrected chi connectivity index (χ1v) is 46.8. The molecule has 0 aromatic heterocycles. The standard InChI is InChI=1S/C85H166O17P2/c1-9-77(7)63-55-47-39-30-24-18-12-15-20-26-32-41-49-57-65-82(87)95-71-80(101-84(89)68-60-52-44-34-28-22-16-13-19-25-31-40-48-56-64-78(8)10-2)73-99-103(91,92)97-69-79(86)70-98-104(93,94)100-74-81(72-96-83(88)66-58-50-42-36-35-38-46-54-62-76(5)6)102-85(90)67-59-51-43-33-27-21-14-11-17-23-29-37-45-53-61-75(3)4/h75-81,86H,9-74H2,1-8H3,(H,91,92)(H,93,94)/t77?,78?,79-,80-,81-/m1/s1. The van der Waals surface area contributed by atoms with Crippen LogP contribution in [0.15, 0.2) is 0 Å². The topological polar surface area (TPSA) is 237 Å². The number of esters is 4. The second-order valence-electron chi connectivity index (χ2n) is 32.0. The molecule has 0 bridgehead atoms. The molecule has 104 heavy (non-hydrogen) atoms.